The minimum Gasteiger partial charge on any atom is -0.325 e. The second-order valence-corrected chi connectivity index (χ2v) is 4.28. The number of benzene rings is 1. The lowest BCUT2D eigenvalue weighted by Crippen LogP contribution is -2.18. The number of nitrogens with one attached hydrogen (secondary N) is 1. The second kappa shape index (κ2) is 6.29. The van der Waals surface area contributed by atoms with E-state index in [9.17, 15) is 4.79 Å². The van der Waals surface area contributed by atoms with Crippen LogP contribution in [0.4, 0.5) is 5.69 Å². The molecule has 0 heterocycles. The summed E-state index contributed by atoms with van der Waals surface area (Å²) in [7, 11) is 0. The third kappa shape index (κ3) is 4.10. The quantitative estimate of drug-likeness (QED) is 0.791. The van der Waals surface area contributed by atoms with E-state index in [2.05, 4.69) is 17.2 Å². The van der Waals surface area contributed by atoms with Crippen molar-refractivity contribution >= 4 is 23.2 Å². The largest absolute Gasteiger partial charge is 0.325 e. The molecule has 1 rings (SSSR count). The van der Waals surface area contributed by atoms with Gasteiger partial charge in [0.25, 0.3) is 0 Å². The van der Waals surface area contributed by atoms with Crippen molar-refractivity contribution in [2.24, 2.45) is 11.7 Å². The highest BCUT2D eigenvalue weighted by molar-refractivity contribution is 6.31. The average Bonchev–Trinajstić information content (AvgIpc) is 2.28. The van der Waals surface area contributed by atoms with Gasteiger partial charge in [0.2, 0.25) is 5.91 Å². The Balaban J connectivity index is 3.03. The Morgan fingerprint density at radius 3 is 2.82 bits per heavy atom. The van der Waals surface area contributed by atoms with Gasteiger partial charge in [-0.15, -0.1) is 0 Å². The van der Waals surface area contributed by atoms with E-state index in [0.29, 0.717) is 16.3 Å². The minimum absolute atomic E-state index is 0.0666. The maximum atomic E-state index is 11.6. The lowest BCUT2D eigenvalue weighted by atomic mass is 10.1. The van der Waals surface area contributed by atoms with Crippen LogP contribution in [0.1, 0.15) is 19.4 Å². The summed E-state index contributed by atoms with van der Waals surface area (Å²) >= 11 is 5.89. The van der Waals surface area contributed by atoms with Gasteiger partial charge in [0, 0.05) is 16.5 Å². The number of rotatable bonds is 2. The lowest BCUT2D eigenvalue weighted by Gasteiger charge is -2.10. The molecule has 1 aromatic rings. The minimum atomic E-state index is -0.0932. The zero-order valence-corrected chi connectivity index (χ0v) is 10.6. The van der Waals surface area contributed by atoms with E-state index in [1.165, 1.54) is 0 Å². The summed E-state index contributed by atoms with van der Waals surface area (Å²) in [6.45, 7) is 3.93. The highest BCUT2D eigenvalue weighted by Crippen LogP contribution is 2.21. The molecule has 0 aliphatic heterocycles. The number of carbonyl (C=O) groups excluding carboxylic acids is 1. The predicted molar refractivity (Wildman–Crippen MR) is 70.9 cm³/mol. The van der Waals surface area contributed by atoms with Crippen LogP contribution in [0.2, 0.25) is 5.02 Å². The first kappa shape index (κ1) is 13.6. The van der Waals surface area contributed by atoms with Crippen LogP contribution < -0.4 is 11.1 Å². The Labute approximate surface area is 106 Å². The lowest BCUT2D eigenvalue weighted by molar-refractivity contribution is -0.118. The van der Waals surface area contributed by atoms with Gasteiger partial charge in [-0.2, -0.15) is 0 Å². The molecule has 0 unspecified atom stereocenters. The summed E-state index contributed by atoms with van der Waals surface area (Å²) in [4.78, 5) is 11.6. The monoisotopic (exact) mass is 250 g/mol. The van der Waals surface area contributed by atoms with Gasteiger partial charge in [-0.25, -0.2) is 0 Å². The van der Waals surface area contributed by atoms with Crippen LogP contribution in [0.25, 0.3) is 0 Å². The van der Waals surface area contributed by atoms with Crippen LogP contribution in [-0.4, -0.2) is 12.5 Å². The number of hydrogen-bond acceptors (Lipinski definition) is 2. The molecule has 0 atom stereocenters. The summed E-state index contributed by atoms with van der Waals surface area (Å²) in [5.74, 6) is 5.49. The van der Waals surface area contributed by atoms with Crippen molar-refractivity contribution in [3.05, 3.63) is 28.8 Å². The molecule has 0 aliphatic rings. The molecule has 0 radical (unpaired) electrons. The molecule has 0 fully saturated rings. The van der Waals surface area contributed by atoms with Crippen molar-refractivity contribution in [2.75, 3.05) is 11.9 Å². The molecule has 0 bridgehead atoms. The highest BCUT2D eigenvalue weighted by Gasteiger charge is 2.09. The van der Waals surface area contributed by atoms with Gasteiger partial charge >= 0.3 is 0 Å². The molecule has 0 spiro atoms. The van der Waals surface area contributed by atoms with Crippen LogP contribution in [0, 0.1) is 17.8 Å². The molecular formula is C13H15ClN2O. The standard InChI is InChI=1S/C13H15ClN2O/c1-9(2)13(17)16-12-8-11(14)6-5-10(12)4-3-7-15/h5-6,8-9H,7,15H2,1-2H3,(H,16,17). The van der Waals surface area contributed by atoms with Gasteiger partial charge in [-0.1, -0.05) is 37.3 Å². The molecule has 90 valence electrons. The predicted octanol–water partition coefficient (Wildman–Crippen LogP) is 2.24. The van der Waals surface area contributed by atoms with Gasteiger partial charge in [-0.3, -0.25) is 4.79 Å². The topological polar surface area (TPSA) is 55.1 Å². The van der Waals surface area contributed by atoms with Crippen molar-refractivity contribution in [2.45, 2.75) is 13.8 Å². The Hall–Kier alpha value is -1.50. The van der Waals surface area contributed by atoms with Crippen molar-refractivity contribution in [1.82, 2.24) is 0 Å². The molecule has 3 nitrogen and oxygen atoms in total. The second-order valence-electron chi connectivity index (χ2n) is 3.84. The molecular weight excluding hydrogens is 236 g/mol. The highest BCUT2D eigenvalue weighted by atomic mass is 35.5. The van der Waals surface area contributed by atoms with Crippen molar-refractivity contribution in [1.29, 1.82) is 0 Å². The summed E-state index contributed by atoms with van der Waals surface area (Å²) in [5.41, 5.74) is 6.66. The van der Waals surface area contributed by atoms with Crippen molar-refractivity contribution in [3.8, 4) is 11.8 Å². The zero-order chi connectivity index (χ0) is 12.8. The molecule has 0 aromatic heterocycles. The molecule has 1 aromatic carbocycles. The first-order valence-corrected chi connectivity index (χ1v) is 5.71. The van der Waals surface area contributed by atoms with Gasteiger partial charge in [0.15, 0.2) is 0 Å². The van der Waals surface area contributed by atoms with E-state index in [0.717, 1.165) is 0 Å². The Bertz CT molecular complexity index is 472. The van der Waals surface area contributed by atoms with Crippen LogP contribution in [0.5, 0.6) is 0 Å². The summed E-state index contributed by atoms with van der Waals surface area (Å²) < 4.78 is 0. The normalized spacial score (nSPS) is 9.71. The molecule has 0 saturated carbocycles. The summed E-state index contributed by atoms with van der Waals surface area (Å²) in [5, 5.41) is 3.35. The van der Waals surface area contributed by atoms with Crippen LogP contribution in [0.3, 0.4) is 0 Å². The third-order valence-electron chi connectivity index (χ3n) is 2.09. The molecule has 4 heteroatoms. The number of carbonyl (C=O) groups is 1. The Morgan fingerprint density at radius 1 is 1.53 bits per heavy atom. The van der Waals surface area contributed by atoms with E-state index < -0.39 is 0 Å². The summed E-state index contributed by atoms with van der Waals surface area (Å²) in [6.07, 6.45) is 0. The Morgan fingerprint density at radius 2 is 2.24 bits per heavy atom. The smallest absolute Gasteiger partial charge is 0.226 e. The maximum absolute atomic E-state index is 11.6. The van der Waals surface area contributed by atoms with Crippen LogP contribution >= 0.6 is 11.6 Å². The molecule has 0 aliphatic carbocycles. The average molecular weight is 251 g/mol. The van der Waals surface area contributed by atoms with E-state index in [-0.39, 0.29) is 18.4 Å². The van der Waals surface area contributed by atoms with Crippen LogP contribution in [0.15, 0.2) is 18.2 Å². The number of anilines is 1. The number of hydrogen-bond donors (Lipinski definition) is 2. The molecule has 17 heavy (non-hydrogen) atoms. The van der Waals surface area contributed by atoms with E-state index in [1.54, 1.807) is 18.2 Å². The Kier molecular flexibility index (Phi) is 5.02. The van der Waals surface area contributed by atoms with Gasteiger partial charge in [-0.05, 0) is 18.2 Å². The van der Waals surface area contributed by atoms with E-state index >= 15 is 0 Å². The van der Waals surface area contributed by atoms with Gasteiger partial charge < -0.3 is 11.1 Å². The number of amides is 1. The SMILES string of the molecule is CC(C)C(=O)Nc1cc(Cl)ccc1C#CCN. The van der Waals surface area contributed by atoms with Crippen molar-refractivity contribution in [3.63, 3.8) is 0 Å². The molecule has 0 saturated heterocycles. The number of nitrogens with two attached hydrogens (primary N) is 1. The van der Waals surface area contributed by atoms with Gasteiger partial charge in [0.05, 0.1) is 12.2 Å². The fraction of sp³-hybridized carbons (Fsp3) is 0.308. The van der Waals surface area contributed by atoms with E-state index in [1.807, 2.05) is 13.8 Å². The fourth-order valence-electron chi connectivity index (χ4n) is 1.15. The zero-order valence-electron chi connectivity index (χ0n) is 9.88. The van der Waals surface area contributed by atoms with E-state index in [4.69, 9.17) is 17.3 Å². The first-order chi connectivity index (χ1) is 8.04. The maximum Gasteiger partial charge on any atom is 0.226 e. The fourth-order valence-corrected chi connectivity index (χ4v) is 1.32. The number of halogens is 1. The molecule has 1 amide bonds. The van der Waals surface area contributed by atoms with Gasteiger partial charge in [0.1, 0.15) is 0 Å². The van der Waals surface area contributed by atoms with Crippen LogP contribution in [-0.2, 0) is 4.79 Å². The third-order valence-corrected chi connectivity index (χ3v) is 2.32. The van der Waals surface area contributed by atoms with Crippen molar-refractivity contribution < 1.29 is 4.79 Å². The first-order valence-electron chi connectivity index (χ1n) is 5.34. The molecule has 3 N–H and O–H groups in total. The summed E-state index contributed by atoms with van der Waals surface area (Å²) in [6, 6.07) is 5.18.